The number of alkyl halides is 1. The van der Waals surface area contributed by atoms with E-state index in [2.05, 4.69) is 51.3 Å². The van der Waals surface area contributed by atoms with Gasteiger partial charge >= 0.3 is 0 Å². The second-order valence-electron chi connectivity index (χ2n) is 11.0. The third-order valence-corrected chi connectivity index (χ3v) is 7.95. The van der Waals surface area contributed by atoms with Crippen molar-refractivity contribution in [2.75, 3.05) is 26.3 Å². The SMILES string of the molecule is CC/C=C(\C=C1\CCCC(c2ccc3nc(C)oc3c2)=C(C2=CC=C(O[C@H]3CCN(CCCF)C3)CC=C2)C1)OF. The molecule has 0 spiro atoms. The Bertz CT molecular complexity index is 1410. The van der Waals surface area contributed by atoms with Gasteiger partial charge in [-0.3, -0.25) is 14.2 Å². The summed E-state index contributed by atoms with van der Waals surface area (Å²) in [6, 6.07) is 6.24. The van der Waals surface area contributed by atoms with Crippen molar-refractivity contribution in [2.24, 2.45) is 0 Å². The molecular formula is C34H40F2N2O3. The van der Waals surface area contributed by atoms with Gasteiger partial charge in [-0.1, -0.05) is 36.8 Å². The summed E-state index contributed by atoms with van der Waals surface area (Å²) in [6.07, 6.45) is 18.7. The highest BCUT2D eigenvalue weighted by atomic mass is 19.3. The largest absolute Gasteiger partial charge is 0.493 e. The van der Waals surface area contributed by atoms with Gasteiger partial charge in [-0.25, -0.2) is 4.98 Å². The molecule has 3 aliphatic rings. The van der Waals surface area contributed by atoms with Crippen molar-refractivity contribution in [3.05, 3.63) is 94.3 Å². The van der Waals surface area contributed by atoms with Gasteiger partial charge < -0.3 is 9.15 Å². The van der Waals surface area contributed by atoms with Gasteiger partial charge in [-0.05, 0) is 97.6 Å². The molecule has 41 heavy (non-hydrogen) atoms. The van der Waals surface area contributed by atoms with Crippen molar-refractivity contribution < 1.29 is 23.0 Å². The second kappa shape index (κ2) is 13.9. The number of benzene rings is 1. The van der Waals surface area contributed by atoms with Crippen LogP contribution in [0.4, 0.5) is 8.92 Å². The molecule has 2 heterocycles. The maximum absolute atomic E-state index is 13.3. The van der Waals surface area contributed by atoms with Gasteiger partial charge in [-0.15, -0.1) is 0 Å². The van der Waals surface area contributed by atoms with Crippen LogP contribution in [0.2, 0.25) is 0 Å². The van der Waals surface area contributed by atoms with Crippen molar-refractivity contribution >= 4 is 16.7 Å². The second-order valence-corrected chi connectivity index (χ2v) is 11.0. The average Bonchev–Trinajstić information content (AvgIpc) is 3.42. The molecule has 5 rings (SSSR count). The normalized spacial score (nSPS) is 21.7. The van der Waals surface area contributed by atoms with Crippen molar-refractivity contribution in [1.82, 2.24) is 9.88 Å². The predicted molar refractivity (Wildman–Crippen MR) is 159 cm³/mol. The molecule has 1 aromatic heterocycles. The monoisotopic (exact) mass is 562 g/mol. The molecule has 218 valence electrons. The van der Waals surface area contributed by atoms with Crippen molar-refractivity contribution in [1.29, 1.82) is 0 Å². The molecule has 0 unspecified atom stereocenters. The van der Waals surface area contributed by atoms with Gasteiger partial charge in [0.1, 0.15) is 17.4 Å². The van der Waals surface area contributed by atoms with Crippen LogP contribution in [0.3, 0.4) is 0 Å². The van der Waals surface area contributed by atoms with E-state index < -0.39 is 0 Å². The minimum atomic E-state index is -0.275. The molecule has 2 aromatic rings. The molecule has 0 bridgehead atoms. The first-order chi connectivity index (χ1) is 20.1. The number of nitrogens with zero attached hydrogens (tertiary/aromatic N) is 2. The third kappa shape index (κ3) is 7.45. The number of allylic oxidation sites excluding steroid dienone is 10. The molecule has 0 N–H and O–H groups in total. The Balaban J connectivity index is 1.47. The first-order valence-electron chi connectivity index (χ1n) is 14.9. The molecule has 0 saturated carbocycles. The lowest BCUT2D eigenvalue weighted by atomic mass is 9.89. The topological polar surface area (TPSA) is 47.7 Å². The van der Waals surface area contributed by atoms with Crippen LogP contribution in [0.1, 0.15) is 69.7 Å². The summed E-state index contributed by atoms with van der Waals surface area (Å²) >= 11 is 0. The lowest BCUT2D eigenvalue weighted by Crippen LogP contribution is -2.24. The molecule has 1 fully saturated rings. The minimum absolute atomic E-state index is 0.132. The van der Waals surface area contributed by atoms with Crippen LogP contribution in [0.15, 0.2) is 87.3 Å². The molecule has 7 heteroatoms. The zero-order valence-electron chi connectivity index (χ0n) is 24.1. The predicted octanol–water partition coefficient (Wildman–Crippen LogP) is 8.81. The number of fused-ring (bicyclic) bond motifs is 1. The fourth-order valence-corrected chi connectivity index (χ4v) is 6.02. The van der Waals surface area contributed by atoms with E-state index in [-0.39, 0.29) is 18.5 Å². The Labute approximate surface area is 241 Å². The van der Waals surface area contributed by atoms with Crippen LogP contribution in [0.5, 0.6) is 0 Å². The molecule has 5 nitrogen and oxygen atoms in total. The number of halogens is 2. The van der Waals surface area contributed by atoms with E-state index in [1.54, 1.807) is 6.08 Å². The summed E-state index contributed by atoms with van der Waals surface area (Å²) in [6.45, 7) is 6.14. The summed E-state index contributed by atoms with van der Waals surface area (Å²) in [5, 5.41) is 0. The van der Waals surface area contributed by atoms with Crippen molar-refractivity contribution in [3.63, 3.8) is 0 Å². The number of aryl methyl sites for hydroxylation is 1. The average molecular weight is 563 g/mol. The number of oxazole rings is 1. The van der Waals surface area contributed by atoms with E-state index in [0.29, 0.717) is 31.6 Å². The van der Waals surface area contributed by atoms with Gasteiger partial charge in [0.2, 0.25) is 0 Å². The number of ether oxygens (including phenoxy) is 1. The lowest BCUT2D eigenvalue weighted by molar-refractivity contribution is -0.0770. The number of hydrogen-bond donors (Lipinski definition) is 0. The van der Waals surface area contributed by atoms with Crippen LogP contribution < -0.4 is 0 Å². The van der Waals surface area contributed by atoms with Gasteiger partial charge in [0.25, 0.3) is 0 Å². The summed E-state index contributed by atoms with van der Waals surface area (Å²) in [5.41, 5.74) is 7.50. The Morgan fingerprint density at radius 3 is 2.95 bits per heavy atom. The summed E-state index contributed by atoms with van der Waals surface area (Å²) in [4.78, 5) is 10.9. The number of likely N-dealkylation sites (tertiary alicyclic amines) is 1. The Hall–Kier alpha value is -3.45. The molecular weight excluding hydrogens is 522 g/mol. The number of rotatable bonds is 10. The Morgan fingerprint density at radius 1 is 1.22 bits per heavy atom. The highest BCUT2D eigenvalue weighted by molar-refractivity contribution is 5.82. The van der Waals surface area contributed by atoms with E-state index in [1.807, 2.05) is 26.0 Å². The van der Waals surface area contributed by atoms with Crippen LogP contribution in [0, 0.1) is 6.92 Å². The van der Waals surface area contributed by atoms with E-state index in [1.165, 1.54) is 11.1 Å². The standard InChI is InChI=1S/C34H40F2N2O3/c1-3-7-29(41-36)20-25-8-4-11-31(27-13-15-33-34(22-27)39-24(2)37-33)32(21-25)26-9-5-10-28(14-12-26)40-30-16-19-38(23-30)18-6-17-35/h5,7,9,12-15,20,22,30H,3-4,6,8,10-11,16-19,21,23H2,1-2H3/b25-20-,29-7+/t30-/m0/s1. The highest BCUT2D eigenvalue weighted by Crippen LogP contribution is 2.39. The van der Waals surface area contributed by atoms with Crippen LogP contribution in [-0.2, 0) is 9.68 Å². The molecule has 1 atom stereocenters. The Morgan fingerprint density at radius 2 is 2.12 bits per heavy atom. The van der Waals surface area contributed by atoms with Crippen LogP contribution in [-0.4, -0.2) is 42.3 Å². The van der Waals surface area contributed by atoms with Gasteiger partial charge in [0.15, 0.2) is 17.2 Å². The van der Waals surface area contributed by atoms with Crippen molar-refractivity contribution in [2.45, 2.75) is 71.3 Å². The van der Waals surface area contributed by atoms with E-state index in [4.69, 9.17) is 9.15 Å². The fraction of sp³-hybridized carbons (Fsp3) is 0.441. The van der Waals surface area contributed by atoms with E-state index >= 15 is 0 Å². The van der Waals surface area contributed by atoms with Crippen LogP contribution >= 0.6 is 0 Å². The van der Waals surface area contributed by atoms with Crippen LogP contribution in [0.25, 0.3) is 16.7 Å². The highest BCUT2D eigenvalue weighted by Gasteiger charge is 2.25. The molecule has 1 aliphatic heterocycles. The van der Waals surface area contributed by atoms with Gasteiger partial charge in [-0.2, -0.15) is 0 Å². The van der Waals surface area contributed by atoms with E-state index in [0.717, 1.165) is 78.9 Å². The van der Waals surface area contributed by atoms with Crippen molar-refractivity contribution in [3.8, 4) is 0 Å². The van der Waals surface area contributed by atoms with Gasteiger partial charge in [0.05, 0.1) is 6.67 Å². The smallest absolute Gasteiger partial charge is 0.192 e. The number of aromatic nitrogens is 1. The summed E-state index contributed by atoms with van der Waals surface area (Å²) in [7, 11) is 0. The molecule has 1 aromatic carbocycles. The maximum atomic E-state index is 13.3. The summed E-state index contributed by atoms with van der Waals surface area (Å²) in [5.74, 6) is 1.86. The zero-order valence-corrected chi connectivity index (χ0v) is 24.1. The Kier molecular flexibility index (Phi) is 9.88. The molecule has 0 radical (unpaired) electrons. The molecule has 2 aliphatic carbocycles. The minimum Gasteiger partial charge on any atom is -0.493 e. The molecule has 1 saturated heterocycles. The first kappa shape index (κ1) is 29.1. The van der Waals surface area contributed by atoms with E-state index in [9.17, 15) is 8.92 Å². The number of hydrogen-bond acceptors (Lipinski definition) is 5. The van der Waals surface area contributed by atoms with Gasteiger partial charge in [0, 0.05) is 37.5 Å². The fourth-order valence-electron chi connectivity index (χ4n) is 6.02. The zero-order chi connectivity index (χ0) is 28.6. The summed E-state index contributed by atoms with van der Waals surface area (Å²) < 4.78 is 38.2. The molecule has 0 amide bonds. The maximum Gasteiger partial charge on any atom is 0.192 e. The first-order valence-corrected chi connectivity index (χ1v) is 14.9. The quantitative estimate of drug-likeness (QED) is 0.271. The lowest BCUT2D eigenvalue weighted by Gasteiger charge is -2.17. The third-order valence-electron chi connectivity index (χ3n) is 7.95.